The van der Waals surface area contributed by atoms with Crippen LogP contribution in [-0.4, -0.2) is 44.2 Å². The second-order valence-corrected chi connectivity index (χ2v) is 4.63. The summed E-state index contributed by atoms with van der Waals surface area (Å²) in [6.45, 7) is 4.10. The zero-order valence-electron chi connectivity index (χ0n) is 10.7. The van der Waals surface area contributed by atoms with Crippen LogP contribution in [-0.2, 0) is 6.18 Å². The maximum Gasteiger partial charge on any atom is 0.418 e. The maximum atomic E-state index is 12.9. The van der Waals surface area contributed by atoms with Gasteiger partial charge >= 0.3 is 6.18 Å². The molecule has 19 heavy (non-hydrogen) atoms. The molecule has 106 valence electrons. The number of nitrogens with zero attached hydrogens (tertiary/aromatic N) is 2. The highest BCUT2D eigenvalue weighted by molar-refractivity contribution is 5.55. The fourth-order valence-electron chi connectivity index (χ4n) is 2.38. The van der Waals surface area contributed by atoms with Gasteiger partial charge in [0.05, 0.1) is 5.56 Å². The quantitative estimate of drug-likeness (QED) is 0.911. The van der Waals surface area contributed by atoms with Crippen LogP contribution in [0.4, 0.5) is 18.9 Å². The van der Waals surface area contributed by atoms with Crippen LogP contribution >= 0.6 is 0 Å². The summed E-state index contributed by atoms with van der Waals surface area (Å²) in [6.07, 6.45) is -4.30. The summed E-state index contributed by atoms with van der Waals surface area (Å²) in [5, 5.41) is 0. The Balaban J connectivity index is 2.12. The van der Waals surface area contributed by atoms with Crippen LogP contribution < -0.4 is 10.6 Å². The SMILES string of the molecule is NCCN1CCN(c2ccccc2C(F)(F)F)CC1. The van der Waals surface area contributed by atoms with Gasteiger partial charge in [-0.15, -0.1) is 0 Å². The van der Waals surface area contributed by atoms with Gasteiger partial charge < -0.3 is 10.6 Å². The maximum absolute atomic E-state index is 12.9. The Morgan fingerprint density at radius 3 is 2.26 bits per heavy atom. The molecular formula is C13H18F3N3. The topological polar surface area (TPSA) is 32.5 Å². The summed E-state index contributed by atoms with van der Waals surface area (Å²) < 4.78 is 38.8. The highest BCUT2D eigenvalue weighted by atomic mass is 19.4. The lowest BCUT2D eigenvalue weighted by molar-refractivity contribution is -0.137. The van der Waals surface area contributed by atoms with Crippen molar-refractivity contribution in [2.24, 2.45) is 5.73 Å². The first kappa shape index (κ1) is 14.1. The summed E-state index contributed by atoms with van der Waals surface area (Å²) in [7, 11) is 0. The fraction of sp³-hybridized carbons (Fsp3) is 0.538. The lowest BCUT2D eigenvalue weighted by Crippen LogP contribution is -2.48. The zero-order chi connectivity index (χ0) is 13.9. The van der Waals surface area contributed by atoms with Crippen LogP contribution in [0, 0.1) is 0 Å². The van der Waals surface area contributed by atoms with Crippen molar-refractivity contribution in [3.8, 4) is 0 Å². The molecular weight excluding hydrogens is 255 g/mol. The zero-order valence-corrected chi connectivity index (χ0v) is 10.7. The molecule has 1 aromatic rings. The van der Waals surface area contributed by atoms with Gasteiger partial charge in [-0.05, 0) is 12.1 Å². The smallest absolute Gasteiger partial charge is 0.368 e. The minimum Gasteiger partial charge on any atom is -0.368 e. The van der Waals surface area contributed by atoms with Crippen molar-refractivity contribution in [3.05, 3.63) is 29.8 Å². The Morgan fingerprint density at radius 2 is 1.68 bits per heavy atom. The molecule has 0 radical (unpaired) electrons. The van der Waals surface area contributed by atoms with Crippen LogP contribution in [0.5, 0.6) is 0 Å². The van der Waals surface area contributed by atoms with Crippen molar-refractivity contribution in [1.82, 2.24) is 4.90 Å². The molecule has 0 unspecified atom stereocenters. The molecule has 2 N–H and O–H groups in total. The largest absolute Gasteiger partial charge is 0.418 e. The first-order valence-corrected chi connectivity index (χ1v) is 6.36. The molecule has 2 rings (SSSR count). The van der Waals surface area contributed by atoms with Gasteiger partial charge in [0, 0.05) is 45.0 Å². The third-order valence-corrected chi connectivity index (χ3v) is 3.37. The van der Waals surface area contributed by atoms with Gasteiger partial charge in [0.15, 0.2) is 0 Å². The Morgan fingerprint density at radius 1 is 1.05 bits per heavy atom. The van der Waals surface area contributed by atoms with E-state index in [1.807, 2.05) is 0 Å². The standard InChI is InChI=1S/C13H18F3N3/c14-13(15,16)11-3-1-2-4-12(11)19-9-7-18(6-5-17)8-10-19/h1-4H,5-10,17H2. The number of benzene rings is 1. The van der Waals surface area contributed by atoms with Crippen molar-refractivity contribution in [1.29, 1.82) is 0 Å². The number of hydrogen-bond acceptors (Lipinski definition) is 3. The first-order chi connectivity index (χ1) is 9.02. The first-order valence-electron chi connectivity index (χ1n) is 6.36. The van der Waals surface area contributed by atoms with Gasteiger partial charge in [-0.3, -0.25) is 4.90 Å². The number of anilines is 1. The van der Waals surface area contributed by atoms with E-state index in [0.29, 0.717) is 19.6 Å². The van der Waals surface area contributed by atoms with E-state index in [-0.39, 0.29) is 5.69 Å². The third-order valence-electron chi connectivity index (χ3n) is 3.37. The van der Waals surface area contributed by atoms with E-state index in [9.17, 15) is 13.2 Å². The Bertz CT molecular complexity index is 412. The van der Waals surface area contributed by atoms with Gasteiger partial charge in [-0.2, -0.15) is 13.2 Å². The highest BCUT2D eigenvalue weighted by Gasteiger charge is 2.35. The summed E-state index contributed by atoms with van der Waals surface area (Å²) in [5.74, 6) is 0. The minimum absolute atomic E-state index is 0.280. The van der Waals surface area contributed by atoms with Gasteiger partial charge in [0.25, 0.3) is 0 Å². The average Bonchev–Trinajstić information content (AvgIpc) is 2.39. The van der Waals surface area contributed by atoms with Crippen molar-refractivity contribution < 1.29 is 13.2 Å². The minimum atomic E-state index is -4.30. The summed E-state index contributed by atoms with van der Waals surface area (Å²) in [6, 6.07) is 5.76. The summed E-state index contributed by atoms with van der Waals surface area (Å²) >= 11 is 0. The molecule has 1 heterocycles. The van der Waals surface area contributed by atoms with E-state index in [4.69, 9.17) is 5.73 Å². The summed E-state index contributed by atoms with van der Waals surface area (Å²) in [4.78, 5) is 3.97. The molecule has 0 amide bonds. The third kappa shape index (κ3) is 3.39. The van der Waals surface area contributed by atoms with Gasteiger partial charge in [0.2, 0.25) is 0 Å². The lowest BCUT2D eigenvalue weighted by Gasteiger charge is -2.37. The number of rotatable bonds is 3. The number of hydrogen-bond donors (Lipinski definition) is 1. The predicted octanol–water partition coefficient (Wildman–Crippen LogP) is 1.79. The molecule has 1 saturated heterocycles. The molecule has 0 bridgehead atoms. The van der Waals surface area contributed by atoms with Crippen LogP contribution in [0.15, 0.2) is 24.3 Å². The van der Waals surface area contributed by atoms with E-state index >= 15 is 0 Å². The molecule has 0 saturated carbocycles. The molecule has 0 aliphatic carbocycles. The summed E-state index contributed by atoms with van der Waals surface area (Å²) in [5.41, 5.74) is 5.21. The number of halogens is 3. The van der Waals surface area contributed by atoms with E-state index in [0.717, 1.165) is 25.7 Å². The second-order valence-electron chi connectivity index (χ2n) is 4.63. The molecule has 1 fully saturated rings. The lowest BCUT2D eigenvalue weighted by atomic mass is 10.1. The van der Waals surface area contributed by atoms with Gasteiger partial charge in [-0.25, -0.2) is 0 Å². The highest BCUT2D eigenvalue weighted by Crippen LogP contribution is 2.36. The number of para-hydroxylation sites is 1. The van der Waals surface area contributed by atoms with Gasteiger partial charge in [-0.1, -0.05) is 12.1 Å². The molecule has 1 aromatic carbocycles. The average molecular weight is 273 g/mol. The number of piperazine rings is 1. The van der Waals surface area contributed by atoms with Crippen LogP contribution in [0.25, 0.3) is 0 Å². The molecule has 0 spiro atoms. The predicted molar refractivity (Wildman–Crippen MR) is 69.2 cm³/mol. The molecule has 0 aromatic heterocycles. The normalized spacial score (nSPS) is 17.8. The van der Waals surface area contributed by atoms with Crippen molar-refractivity contribution in [2.75, 3.05) is 44.2 Å². The molecule has 1 aliphatic heterocycles. The van der Waals surface area contributed by atoms with E-state index in [1.54, 1.807) is 17.0 Å². The Kier molecular flexibility index (Phi) is 4.31. The van der Waals surface area contributed by atoms with E-state index in [1.165, 1.54) is 6.07 Å². The Hall–Kier alpha value is -1.27. The Labute approximate surface area is 110 Å². The molecule has 3 nitrogen and oxygen atoms in total. The van der Waals surface area contributed by atoms with Crippen LogP contribution in [0.2, 0.25) is 0 Å². The van der Waals surface area contributed by atoms with Crippen molar-refractivity contribution in [3.63, 3.8) is 0 Å². The molecule has 6 heteroatoms. The van der Waals surface area contributed by atoms with Crippen LogP contribution in [0.1, 0.15) is 5.56 Å². The number of alkyl halides is 3. The van der Waals surface area contributed by atoms with Crippen LogP contribution in [0.3, 0.4) is 0 Å². The van der Waals surface area contributed by atoms with E-state index < -0.39 is 11.7 Å². The van der Waals surface area contributed by atoms with E-state index in [2.05, 4.69) is 4.90 Å². The van der Waals surface area contributed by atoms with Gasteiger partial charge in [0.1, 0.15) is 0 Å². The monoisotopic (exact) mass is 273 g/mol. The fourth-order valence-corrected chi connectivity index (χ4v) is 2.38. The number of nitrogens with two attached hydrogens (primary N) is 1. The second kappa shape index (κ2) is 5.79. The molecule has 0 atom stereocenters. The van der Waals surface area contributed by atoms with Crippen molar-refractivity contribution in [2.45, 2.75) is 6.18 Å². The van der Waals surface area contributed by atoms with Crippen molar-refractivity contribution >= 4 is 5.69 Å². The molecule has 1 aliphatic rings.